The van der Waals surface area contributed by atoms with Crippen LogP contribution in [0.3, 0.4) is 0 Å². The molecule has 5 heteroatoms. The van der Waals surface area contributed by atoms with Gasteiger partial charge in [0.15, 0.2) is 0 Å². The van der Waals surface area contributed by atoms with Crippen LogP contribution < -0.4 is 5.73 Å². The molecule has 1 aromatic heterocycles. The SMILES string of the molecule is COC(C)(C)CCOC(=O)C(N)c1cccs1. The van der Waals surface area contributed by atoms with Gasteiger partial charge in [0.25, 0.3) is 0 Å². The van der Waals surface area contributed by atoms with E-state index in [0.717, 1.165) is 4.88 Å². The van der Waals surface area contributed by atoms with Crippen LogP contribution in [0.1, 0.15) is 31.2 Å². The molecule has 1 atom stereocenters. The van der Waals surface area contributed by atoms with Crippen molar-refractivity contribution in [1.82, 2.24) is 0 Å². The van der Waals surface area contributed by atoms with Crippen molar-refractivity contribution >= 4 is 17.3 Å². The number of hydrogen-bond donors (Lipinski definition) is 1. The van der Waals surface area contributed by atoms with Crippen molar-refractivity contribution in [2.24, 2.45) is 5.73 Å². The van der Waals surface area contributed by atoms with E-state index in [1.54, 1.807) is 7.11 Å². The number of hydrogen-bond acceptors (Lipinski definition) is 5. The summed E-state index contributed by atoms with van der Waals surface area (Å²) in [5.41, 5.74) is 5.49. The Morgan fingerprint density at radius 2 is 2.29 bits per heavy atom. The van der Waals surface area contributed by atoms with Gasteiger partial charge >= 0.3 is 5.97 Å². The fourth-order valence-electron chi connectivity index (χ4n) is 1.17. The molecule has 0 aromatic carbocycles. The van der Waals surface area contributed by atoms with Crippen molar-refractivity contribution in [3.8, 4) is 0 Å². The summed E-state index contributed by atoms with van der Waals surface area (Å²) in [6.45, 7) is 4.21. The second-order valence-corrected chi connectivity index (χ2v) is 5.35. The van der Waals surface area contributed by atoms with E-state index in [9.17, 15) is 4.79 Å². The van der Waals surface area contributed by atoms with Crippen LogP contribution in [0, 0.1) is 0 Å². The van der Waals surface area contributed by atoms with Gasteiger partial charge in [-0.1, -0.05) is 6.07 Å². The third-order valence-electron chi connectivity index (χ3n) is 2.60. The van der Waals surface area contributed by atoms with Gasteiger partial charge in [0.2, 0.25) is 0 Å². The van der Waals surface area contributed by atoms with Crippen molar-refractivity contribution in [1.29, 1.82) is 0 Å². The molecule has 1 unspecified atom stereocenters. The molecule has 0 fully saturated rings. The highest BCUT2D eigenvalue weighted by Gasteiger charge is 2.21. The number of esters is 1. The molecule has 1 rings (SSSR count). The van der Waals surface area contributed by atoms with Gasteiger partial charge in [-0.2, -0.15) is 0 Å². The Kier molecular flexibility index (Phi) is 5.11. The predicted molar refractivity (Wildman–Crippen MR) is 67.9 cm³/mol. The number of methoxy groups -OCH3 is 1. The van der Waals surface area contributed by atoms with Crippen molar-refractivity contribution in [3.63, 3.8) is 0 Å². The van der Waals surface area contributed by atoms with Crippen molar-refractivity contribution in [3.05, 3.63) is 22.4 Å². The van der Waals surface area contributed by atoms with E-state index < -0.39 is 6.04 Å². The van der Waals surface area contributed by atoms with Crippen LogP contribution >= 0.6 is 11.3 Å². The molecule has 0 aliphatic heterocycles. The number of carbonyl (C=O) groups is 1. The lowest BCUT2D eigenvalue weighted by Crippen LogP contribution is -2.28. The van der Waals surface area contributed by atoms with Crippen LogP contribution in [0.15, 0.2) is 17.5 Å². The van der Waals surface area contributed by atoms with E-state index in [-0.39, 0.29) is 11.6 Å². The summed E-state index contributed by atoms with van der Waals surface area (Å²) in [5.74, 6) is -0.389. The molecule has 1 aromatic rings. The average molecular weight is 257 g/mol. The van der Waals surface area contributed by atoms with Gasteiger partial charge in [0.05, 0.1) is 12.2 Å². The Bertz CT molecular complexity index is 349. The van der Waals surface area contributed by atoms with Gasteiger partial charge in [0, 0.05) is 18.4 Å². The molecule has 0 aliphatic carbocycles. The van der Waals surface area contributed by atoms with Crippen LogP contribution in [-0.4, -0.2) is 25.3 Å². The van der Waals surface area contributed by atoms with Crippen LogP contribution in [0.5, 0.6) is 0 Å². The van der Waals surface area contributed by atoms with Gasteiger partial charge < -0.3 is 15.2 Å². The molecule has 0 saturated carbocycles. The Labute approximate surface area is 106 Å². The third-order valence-corrected chi connectivity index (χ3v) is 3.56. The molecule has 2 N–H and O–H groups in total. The Morgan fingerprint density at radius 1 is 1.59 bits per heavy atom. The standard InChI is InChI=1S/C12H19NO3S/c1-12(2,15-3)6-7-16-11(14)10(13)9-5-4-8-17-9/h4-5,8,10H,6-7,13H2,1-3H3. The topological polar surface area (TPSA) is 61.5 Å². The number of ether oxygens (including phenoxy) is 2. The molecule has 0 amide bonds. The highest BCUT2D eigenvalue weighted by molar-refractivity contribution is 7.10. The molecule has 96 valence electrons. The van der Waals surface area contributed by atoms with Crippen molar-refractivity contribution in [2.75, 3.05) is 13.7 Å². The Balaban J connectivity index is 2.35. The minimum Gasteiger partial charge on any atom is -0.464 e. The van der Waals surface area contributed by atoms with E-state index in [2.05, 4.69) is 0 Å². The minimum atomic E-state index is -0.680. The average Bonchev–Trinajstić information content (AvgIpc) is 2.81. The largest absolute Gasteiger partial charge is 0.464 e. The van der Waals surface area contributed by atoms with Gasteiger partial charge in [-0.15, -0.1) is 11.3 Å². The molecule has 17 heavy (non-hydrogen) atoms. The zero-order valence-electron chi connectivity index (χ0n) is 10.4. The summed E-state index contributed by atoms with van der Waals surface area (Å²) < 4.78 is 10.4. The highest BCUT2D eigenvalue weighted by Crippen LogP contribution is 2.18. The summed E-state index contributed by atoms with van der Waals surface area (Å²) in [4.78, 5) is 12.5. The maximum atomic E-state index is 11.6. The lowest BCUT2D eigenvalue weighted by atomic mass is 10.1. The maximum Gasteiger partial charge on any atom is 0.328 e. The summed E-state index contributed by atoms with van der Waals surface area (Å²) in [6, 6.07) is 3.01. The van der Waals surface area contributed by atoms with Gasteiger partial charge in [0.1, 0.15) is 6.04 Å². The first-order chi connectivity index (χ1) is 7.96. The lowest BCUT2D eigenvalue weighted by molar-refractivity contribution is -0.146. The maximum absolute atomic E-state index is 11.6. The molecule has 4 nitrogen and oxygen atoms in total. The first-order valence-corrected chi connectivity index (χ1v) is 6.35. The fraction of sp³-hybridized carbons (Fsp3) is 0.583. The van der Waals surface area contributed by atoms with Gasteiger partial charge in [-0.3, -0.25) is 0 Å². The number of carbonyl (C=O) groups excluding carboxylic acids is 1. The third kappa shape index (κ3) is 4.46. The van der Waals surface area contributed by atoms with Crippen LogP contribution in [0.4, 0.5) is 0 Å². The summed E-state index contributed by atoms with van der Waals surface area (Å²) in [5, 5.41) is 1.89. The normalized spacial score (nSPS) is 13.4. The van der Waals surface area contributed by atoms with Gasteiger partial charge in [-0.05, 0) is 25.3 Å². The summed E-state index contributed by atoms with van der Waals surface area (Å²) in [7, 11) is 1.64. The number of rotatable bonds is 6. The minimum absolute atomic E-state index is 0.284. The van der Waals surface area contributed by atoms with Crippen LogP contribution in [0.2, 0.25) is 0 Å². The predicted octanol–water partition coefficient (Wildman–Crippen LogP) is 2.11. The zero-order chi connectivity index (χ0) is 12.9. The van der Waals surface area contributed by atoms with Crippen LogP contribution in [-0.2, 0) is 14.3 Å². The molecule has 1 heterocycles. The molecule has 0 aliphatic rings. The Hall–Kier alpha value is -0.910. The van der Waals surface area contributed by atoms with Gasteiger partial charge in [-0.25, -0.2) is 4.79 Å². The molecule has 0 bridgehead atoms. The smallest absolute Gasteiger partial charge is 0.328 e. The first kappa shape index (κ1) is 14.2. The van der Waals surface area contributed by atoms with E-state index in [1.807, 2.05) is 31.4 Å². The Morgan fingerprint density at radius 3 is 2.82 bits per heavy atom. The molecular weight excluding hydrogens is 238 g/mol. The lowest BCUT2D eigenvalue weighted by Gasteiger charge is -2.22. The fourth-order valence-corrected chi connectivity index (χ4v) is 1.89. The van der Waals surface area contributed by atoms with E-state index in [0.29, 0.717) is 13.0 Å². The first-order valence-electron chi connectivity index (χ1n) is 5.47. The number of thiophene rings is 1. The summed E-state index contributed by atoms with van der Waals surface area (Å²) >= 11 is 1.45. The second-order valence-electron chi connectivity index (χ2n) is 4.37. The zero-order valence-corrected chi connectivity index (χ0v) is 11.3. The molecule has 0 spiro atoms. The number of nitrogens with two attached hydrogens (primary N) is 1. The van der Waals surface area contributed by atoms with E-state index in [1.165, 1.54) is 11.3 Å². The quantitative estimate of drug-likeness (QED) is 0.793. The monoisotopic (exact) mass is 257 g/mol. The van der Waals surface area contributed by atoms with E-state index in [4.69, 9.17) is 15.2 Å². The van der Waals surface area contributed by atoms with Crippen LogP contribution in [0.25, 0.3) is 0 Å². The van der Waals surface area contributed by atoms with Crippen molar-refractivity contribution < 1.29 is 14.3 Å². The molecular formula is C12H19NO3S. The second kappa shape index (κ2) is 6.14. The molecule has 0 radical (unpaired) electrons. The van der Waals surface area contributed by atoms with Crippen molar-refractivity contribution in [2.45, 2.75) is 31.9 Å². The highest BCUT2D eigenvalue weighted by atomic mass is 32.1. The van der Waals surface area contributed by atoms with E-state index >= 15 is 0 Å². The molecule has 0 saturated heterocycles. The summed E-state index contributed by atoms with van der Waals surface area (Å²) in [6.07, 6.45) is 0.645.